The summed E-state index contributed by atoms with van der Waals surface area (Å²) in [5.41, 5.74) is 2.41. The molecule has 1 heterocycles. The first-order valence-electron chi connectivity index (χ1n) is 4.31. The molecule has 1 aromatic rings. The Morgan fingerprint density at radius 1 is 1.54 bits per heavy atom. The van der Waals surface area contributed by atoms with Crippen molar-refractivity contribution in [1.82, 2.24) is 4.98 Å². The molecule has 0 saturated carbocycles. The van der Waals surface area contributed by atoms with Gasteiger partial charge in [-0.3, -0.25) is 9.78 Å². The van der Waals surface area contributed by atoms with Crippen LogP contribution in [-0.2, 0) is 22.4 Å². The second kappa shape index (κ2) is 3.17. The van der Waals surface area contributed by atoms with Crippen molar-refractivity contribution < 1.29 is 9.53 Å². The van der Waals surface area contributed by atoms with Crippen LogP contribution in [0, 0.1) is 5.92 Å². The van der Waals surface area contributed by atoms with Crippen molar-refractivity contribution >= 4 is 5.97 Å². The Morgan fingerprint density at radius 2 is 2.31 bits per heavy atom. The summed E-state index contributed by atoms with van der Waals surface area (Å²) >= 11 is 0. The molecule has 3 nitrogen and oxygen atoms in total. The van der Waals surface area contributed by atoms with Crippen LogP contribution in [0.3, 0.4) is 0 Å². The number of methoxy groups -OCH3 is 1. The van der Waals surface area contributed by atoms with E-state index in [0.717, 1.165) is 12.8 Å². The van der Waals surface area contributed by atoms with Crippen molar-refractivity contribution in [1.29, 1.82) is 0 Å². The van der Waals surface area contributed by atoms with Crippen molar-refractivity contribution in [2.75, 3.05) is 7.11 Å². The van der Waals surface area contributed by atoms with Gasteiger partial charge in [-0.1, -0.05) is 0 Å². The number of rotatable bonds is 1. The lowest BCUT2D eigenvalue weighted by Crippen LogP contribution is -2.15. The maximum absolute atomic E-state index is 11.2. The number of fused-ring (bicyclic) bond motifs is 1. The molecule has 0 bridgehead atoms. The number of carbonyl (C=O) groups is 1. The van der Waals surface area contributed by atoms with Gasteiger partial charge in [0.05, 0.1) is 13.0 Å². The van der Waals surface area contributed by atoms with Crippen molar-refractivity contribution in [2.24, 2.45) is 5.92 Å². The molecule has 2 rings (SSSR count). The summed E-state index contributed by atoms with van der Waals surface area (Å²) in [5.74, 6) is -0.111. The Bertz CT molecular complexity index is 310. The number of nitrogens with zero attached hydrogens (tertiary/aromatic N) is 1. The maximum atomic E-state index is 11.2. The van der Waals surface area contributed by atoms with Gasteiger partial charge in [-0.05, 0) is 30.0 Å². The number of esters is 1. The van der Waals surface area contributed by atoms with Gasteiger partial charge in [0.2, 0.25) is 0 Å². The van der Waals surface area contributed by atoms with E-state index in [9.17, 15) is 4.79 Å². The highest BCUT2D eigenvalue weighted by Gasteiger charge is 2.27. The highest BCUT2D eigenvalue weighted by atomic mass is 16.5. The van der Waals surface area contributed by atoms with E-state index in [1.807, 2.05) is 12.3 Å². The van der Waals surface area contributed by atoms with Crippen LogP contribution >= 0.6 is 0 Å². The average Bonchev–Trinajstić information content (AvgIpc) is 2.59. The van der Waals surface area contributed by atoms with E-state index >= 15 is 0 Å². The van der Waals surface area contributed by atoms with Crippen LogP contribution in [-0.4, -0.2) is 18.1 Å². The normalized spacial score (nSPS) is 19.6. The van der Waals surface area contributed by atoms with Crippen LogP contribution in [0.1, 0.15) is 11.1 Å². The van der Waals surface area contributed by atoms with Gasteiger partial charge in [-0.25, -0.2) is 0 Å². The summed E-state index contributed by atoms with van der Waals surface area (Å²) in [7, 11) is 1.43. The molecule has 0 spiro atoms. The Morgan fingerprint density at radius 3 is 3.00 bits per heavy atom. The lowest BCUT2D eigenvalue weighted by molar-refractivity contribution is -0.145. The molecule has 1 aliphatic carbocycles. The Balaban J connectivity index is 2.18. The van der Waals surface area contributed by atoms with Gasteiger partial charge in [0.25, 0.3) is 0 Å². The summed E-state index contributed by atoms with van der Waals surface area (Å²) < 4.78 is 4.71. The van der Waals surface area contributed by atoms with Crippen LogP contribution in [0.5, 0.6) is 0 Å². The number of pyridine rings is 1. The molecule has 0 N–H and O–H groups in total. The predicted molar refractivity (Wildman–Crippen MR) is 47.2 cm³/mol. The zero-order chi connectivity index (χ0) is 9.26. The Kier molecular flexibility index (Phi) is 2.00. The summed E-state index contributed by atoms with van der Waals surface area (Å²) in [5, 5.41) is 0. The van der Waals surface area contributed by atoms with Crippen molar-refractivity contribution in [3.8, 4) is 0 Å². The van der Waals surface area contributed by atoms with Crippen LogP contribution in [0.25, 0.3) is 0 Å². The summed E-state index contributed by atoms with van der Waals surface area (Å²) in [6.07, 6.45) is 5.16. The first kappa shape index (κ1) is 8.23. The number of aromatic nitrogens is 1. The molecule has 0 saturated heterocycles. The molecule has 13 heavy (non-hydrogen) atoms. The van der Waals surface area contributed by atoms with Gasteiger partial charge in [0, 0.05) is 12.4 Å². The highest BCUT2D eigenvalue weighted by molar-refractivity contribution is 5.74. The molecule has 1 atom stereocenters. The Hall–Kier alpha value is -1.38. The minimum Gasteiger partial charge on any atom is -0.469 e. The van der Waals surface area contributed by atoms with Gasteiger partial charge in [0.1, 0.15) is 0 Å². The number of hydrogen-bond donors (Lipinski definition) is 0. The van der Waals surface area contributed by atoms with Crippen molar-refractivity contribution in [2.45, 2.75) is 12.8 Å². The van der Waals surface area contributed by atoms with E-state index in [-0.39, 0.29) is 11.9 Å². The quantitative estimate of drug-likeness (QED) is 0.600. The van der Waals surface area contributed by atoms with Crippen LogP contribution < -0.4 is 0 Å². The highest BCUT2D eigenvalue weighted by Crippen LogP contribution is 2.26. The second-order valence-corrected chi connectivity index (χ2v) is 3.27. The van der Waals surface area contributed by atoms with E-state index in [1.54, 1.807) is 6.20 Å². The molecular weight excluding hydrogens is 166 g/mol. The minimum absolute atomic E-state index is 0.00389. The van der Waals surface area contributed by atoms with E-state index < -0.39 is 0 Å². The van der Waals surface area contributed by atoms with Gasteiger partial charge < -0.3 is 4.74 Å². The summed E-state index contributed by atoms with van der Waals surface area (Å²) in [6, 6.07) is 1.97. The summed E-state index contributed by atoms with van der Waals surface area (Å²) in [4.78, 5) is 15.3. The third-order valence-corrected chi connectivity index (χ3v) is 2.47. The molecule has 0 amide bonds. The maximum Gasteiger partial charge on any atom is 0.309 e. The van der Waals surface area contributed by atoms with Crippen molar-refractivity contribution in [3.63, 3.8) is 0 Å². The Labute approximate surface area is 76.7 Å². The molecule has 1 aromatic heterocycles. The SMILES string of the molecule is COC(=O)C1Cc2ccncc2C1. The van der Waals surface area contributed by atoms with Crippen LogP contribution in [0.2, 0.25) is 0 Å². The third kappa shape index (κ3) is 1.41. The molecule has 0 radical (unpaired) electrons. The molecule has 1 unspecified atom stereocenters. The van der Waals surface area contributed by atoms with Crippen LogP contribution in [0.4, 0.5) is 0 Å². The fourth-order valence-corrected chi connectivity index (χ4v) is 1.78. The molecular formula is C10H11NO2. The molecule has 1 aliphatic rings. The first-order valence-corrected chi connectivity index (χ1v) is 4.31. The lowest BCUT2D eigenvalue weighted by atomic mass is 10.1. The minimum atomic E-state index is -0.115. The van der Waals surface area contributed by atoms with Crippen molar-refractivity contribution in [3.05, 3.63) is 29.6 Å². The third-order valence-electron chi connectivity index (χ3n) is 2.47. The standard InChI is InChI=1S/C10H11NO2/c1-13-10(12)8-4-7-2-3-11-6-9(7)5-8/h2-3,6,8H,4-5H2,1H3. The monoisotopic (exact) mass is 177 g/mol. The second-order valence-electron chi connectivity index (χ2n) is 3.27. The van der Waals surface area contributed by atoms with Gasteiger partial charge >= 0.3 is 5.97 Å². The number of carbonyl (C=O) groups excluding carboxylic acids is 1. The lowest BCUT2D eigenvalue weighted by Gasteiger charge is -2.04. The fraction of sp³-hybridized carbons (Fsp3) is 0.400. The smallest absolute Gasteiger partial charge is 0.309 e. The van der Waals surface area contributed by atoms with Gasteiger partial charge in [-0.2, -0.15) is 0 Å². The fourth-order valence-electron chi connectivity index (χ4n) is 1.78. The first-order chi connectivity index (χ1) is 6.31. The largest absolute Gasteiger partial charge is 0.469 e. The van der Waals surface area contributed by atoms with E-state index in [1.165, 1.54) is 18.2 Å². The van der Waals surface area contributed by atoms with Gasteiger partial charge in [-0.15, -0.1) is 0 Å². The van der Waals surface area contributed by atoms with Gasteiger partial charge in [0.15, 0.2) is 0 Å². The molecule has 0 aliphatic heterocycles. The van der Waals surface area contributed by atoms with E-state index in [0.29, 0.717) is 0 Å². The zero-order valence-electron chi connectivity index (χ0n) is 7.49. The molecule has 0 fully saturated rings. The summed E-state index contributed by atoms with van der Waals surface area (Å²) in [6.45, 7) is 0. The zero-order valence-corrected chi connectivity index (χ0v) is 7.49. The molecule has 0 aromatic carbocycles. The topological polar surface area (TPSA) is 39.2 Å². The molecule has 68 valence electrons. The average molecular weight is 177 g/mol. The van der Waals surface area contributed by atoms with Crippen LogP contribution in [0.15, 0.2) is 18.5 Å². The van der Waals surface area contributed by atoms with E-state index in [2.05, 4.69) is 4.98 Å². The molecule has 3 heteroatoms. The number of ether oxygens (including phenoxy) is 1. The predicted octanol–water partition coefficient (Wildman–Crippen LogP) is 0.969. The number of hydrogen-bond acceptors (Lipinski definition) is 3. The van der Waals surface area contributed by atoms with E-state index in [4.69, 9.17) is 4.74 Å².